The quantitative estimate of drug-likeness (QED) is 0.690. The molecule has 1 aliphatic heterocycles. The molecule has 0 amide bonds. The van der Waals surface area contributed by atoms with Gasteiger partial charge in [0.15, 0.2) is 18.7 Å². The highest BCUT2D eigenvalue weighted by Crippen LogP contribution is 2.17. The van der Waals surface area contributed by atoms with E-state index in [1.54, 1.807) is 0 Å². The van der Waals surface area contributed by atoms with E-state index < -0.39 is 11.9 Å². The minimum absolute atomic E-state index is 0.0667. The molecule has 1 atom stereocenters. The van der Waals surface area contributed by atoms with Crippen LogP contribution in [0.4, 0.5) is 0 Å². The molecular formula is C10H16O4. The topological polar surface area (TPSA) is 55.8 Å². The lowest BCUT2D eigenvalue weighted by molar-refractivity contribution is -0.167. The van der Waals surface area contributed by atoms with Crippen LogP contribution in [0.15, 0.2) is 11.8 Å². The monoisotopic (exact) mass is 200 g/mol. The fraction of sp³-hybridized carbons (Fsp3) is 0.700. The van der Waals surface area contributed by atoms with Gasteiger partial charge in [-0.15, -0.1) is 0 Å². The van der Waals surface area contributed by atoms with E-state index in [1.165, 1.54) is 6.08 Å². The van der Waals surface area contributed by atoms with E-state index in [4.69, 9.17) is 9.47 Å². The van der Waals surface area contributed by atoms with Gasteiger partial charge in [0.25, 0.3) is 0 Å². The standard InChI is InChI=1S/C10H16O4/c1-10(2,3)14-9(12)5-8-4-7(11)6-13-8/h4,9,12H,5-6H2,1-3H3. The Hall–Kier alpha value is -0.870. The molecule has 1 unspecified atom stereocenters. The van der Waals surface area contributed by atoms with Gasteiger partial charge in [-0.1, -0.05) is 0 Å². The number of hydrogen-bond acceptors (Lipinski definition) is 4. The Morgan fingerprint density at radius 3 is 2.71 bits per heavy atom. The number of carbonyl (C=O) groups is 1. The fourth-order valence-electron chi connectivity index (χ4n) is 1.17. The molecule has 1 heterocycles. The number of carbonyl (C=O) groups excluding carboxylic acids is 1. The molecule has 0 spiro atoms. The number of hydrogen-bond donors (Lipinski definition) is 1. The van der Waals surface area contributed by atoms with E-state index in [0.29, 0.717) is 5.76 Å². The van der Waals surface area contributed by atoms with Crippen LogP contribution < -0.4 is 0 Å². The zero-order valence-electron chi connectivity index (χ0n) is 8.74. The minimum atomic E-state index is -0.924. The minimum Gasteiger partial charge on any atom is -0.489 e. The number of ketones is 1. The Morgan fingerprint density at radius 2 is 2.29 bits per heavy atom. The lowest BCUT2D eigenvalue weighted by Gasteiger charge is -2.23. The molecule has 0 aromatic carbocycles. The van der Waals surface area contributed by atoms with E-state index >= 15 is 0 Å². The second kappa shape index (κ2) is 4.11. The summed E-state index contributed by atoms with van der Waals surface area (Å²) in [4.78, 5) is 10.8. The highest BCUT2D eigenvalue weighted by atomic mass is 16.6. The maximum absolute atomic E-state index is 10.8. The van der Waals surface area contributed by atoms with Crippen LogP contribution >= 0.6 is 0 Å². The predicted octanol–water partition coefficient (Wildman–Crippen LogP) is 0.993. The van der Waals surface area contributed by atoms with Crippen LogP contribution in [0.2, 0.25) is 0 Å². The maximum Gasteiger partial charge on any atom is 0.196 e. The first-order valence-corrected chi connectivity index (χ1v) is 4.59. The Bertz CT molecular complexity index is 249. The van der Waals surface area contributed by atoms with Crippen molar-refractivity contribution in [1.29, 1.82) is 0 Å². The van der Waals surface area contributed by atoms with Crippen molar-refractivity contribution in [3.05, 3.63) is 11.8 Å². The van der Waals surface area contributed by atoms with Crippen LogP contribution in [0.25, 0.3) is 0 Å². The van der Waals surface area contributed by atoms with Crippen LogP contribution in [0.5, 0.6) is 0 Å². The van der Waals surface area contributed by atoms with Gasteiger partial charge in [0.1, 0.15) is 5.76 Å². The third-order valence-corrected chi connectivity index (χ3v) is 1.59. The summed E-state index contributed by atoms with van der Waals surface area (Å²) in [5.74, 6) is 0.426. The van der Waals surface area contributed by atoms with Crippen molar-refractivity contribution >= 4 is 5.78 Å². The lowest BCUT2D eigenvalue weighted by atomic mass is 10.2. The van der Waals surface area contributed by atoms with Gasteiger partial charge in [0.2, 0.25) is 0 Å². The first kappa shape index (κ1) is 11.2. The van der Waals surface area contributed by atoms with Crippen LogP contribution in [-0.2, 0) is 14.3 Å². The SMILES string of the molecule is CC(C)(C)OC(O)CC1=CC(=O)CO1. The molecule has 0 fully saturated rings. The van der Waals surface area contributed by atoms with Crippen molar-refractivity contribution < 1.29 is 19.4 Å². The summed E-state index contributed by atoms with van der Waals surface area (Å²) in [6.45, 7) is 5.64. The van der Waals surface area contributed by atoms with Crippen LogP contribution in [0.1, 0.15) is 27.2 Å². The van der Waals surface area contributed by atoms with Gasteiger partial charge in [0, 0.05) is 6.08 Å². The summed E-state index contributed by atoms with van der Waals surface area (Å²) in [5, 5.41) is 9.48. The molecule has 4 heteroatoms. The Kier molecular flexibility index (Phi) is 3.29. The normalized spacial score (nSPS) is 19.1. The molecule has 0 aromatic heterocycles. The van der Waals surface area contributed by atoms with Crippen molar-refractivity contribution in [2.24, 2.45) is 0 Å². The average Bonchev–Trinajstić information content (AvgIpc) is 2.30. The Morgan fingerprint density at radius 1 is 1.64 bits per heavy atom. The van der Waals surface area contributed by atoms with Gasteiger partial charge in [-0.2, -0.15) is 0 Å². The molecular weight excluding hydrogens is 184 g/mol. The maximum atomic E-state index is 10.8. The van der Waals surface area contributed by atoms with E-state index in [0.717, 1.165) is 0 Å². The molecule has 1 N–H and O–H groups in total. The van der Waals surface area contributed by atoms with Crippen molar-refractivity contribution in [3.8, 4) is 0 Å². The van der Waals surface area contributed by atoms with Gasteiger partial charge in [-0.3, -0.25) is 4.79 Å². The summed E-state index contributed by atoms with van der Waals surface area (Å²) in [6.07, 6.45) is 0.699. The van der Waals surface area contributed by atoms with Gasteiger partial charge in [-0.25, -0.2) is 0 Å². The molecule has 80 valence electrons. The second-order valence-electron chi connectivity index (χ2n) is 4.25. The summed E-state index contributed by atoms with van der Waals surface area (Å²) in [5.41, 5.74) is -0.400. The highest BCUT2D eigenvalue weighted by Gasteiger charge is 2.21. The summed E-state index contributed by atoms with van der Waals surface area (Å²) in [6, 6.07) is 0. The molecule has 1 aliphatic rings. The third-order valence-electron chi connectivity index (χ3n) is 1.59. The summed E-state index contributed by atoms with van der Waals surface area (Å²) < 4.78 is 10.3. The molecule has 4 nitrogen and oxygen atoms in total. The second-order valence-corrected chi connectivity index (χ2v) is 4.25. The van der Waals surface area contributed by atoms with Crippen molar-refractivity contribution in [2.75, 3.05) is 6.61 Å². The van der Waals surface area contributed by atoms with E-state index in [1.807, 2.05) is 20.8 Å². The first-order valence-electron chi connectivity index (χ1n) is 4.59. The van der Waals surface area contributed by atoms with Crippen LogP contribution in [0.3, 0.4) is 0 Å². The van der Waals surface area contributed by atoms with Crippen molar-refractivity contribution in [3.63, 3.8) is 0 Å². The smallest absolute Gasteiger partial charge is 0.196 e. The summed E-state index contributed by atoms with van der Waals surface area (Å²) in [7, 11) is 0. The van der Waals surface area contributed by atoms with E-state index in [-0.39, 0.29) is 18.8 Å². The zero-order chi connectivity index (χ0) is 10.8. The highest BCUT2D eigenvalue weighted by molar-refractivity contribution is 5.92. The number of aliphatic hydroxyl groups excluding tert-OH is 1. The Balaban J connectivity index is 2.38. The molecule has 0 saturated carbocycles. The zero-order valence-corrected chi connectivity index (χ0v) is 8.74. The lowest BCUT2D eigenvalue weighted by Crippen LogP contribution is -2.27. The molecule has 14 heavy (non-hydrogen) atoms. The first-order chi connectivity index (χ1) is 6.37. The number of rotatable bonds is 3. The van der Waals surface area contributed by atoms with Crippen LogP contribution in [0, 0.1) is 0 Å². The molecule has 1 rings (SSSR count). The molecule has 0 bridgehead atoms. The van der Waals surface area contributed by atoms with Crippen LogP contribution in [-0.4, -0.2) is 29.4 Å². The average molecular weight is 200 g/mol. The predicted molar refractivity (Wildman–Crippen MR) is 50.5 cm³/mol. The fourth-order valence-corrected chi connectivity index (χ4v) is 1.17. The number of ether oxygens (including phenoxy) is 2. The molecule has 0 saturated heterocycles. The van der Waals surface area contributed by atoms with E-state index in [2.05, 4.69) is 0 Å². The molecule has 0 aromatic rings. The number of aliphatic hydroxyl groups is 1. The summed E-state index contributed by atoms with van der Waals surface area (Å²) >= 11 is 0. The molecule has 0 radical (unpaired) electrons. The third kappa shape index (κ3) is 3.89. The van der Waals surface area contributed by atoms with Crippen molar-refractivity contribution in [1.82, 2.24) is 0 Å². The largest absolute Gasteiger partial charge is 0.489 e. The van der Waals surface area contributed by atoms with Crippen molar-refractivity contribution in [2.45, 2.75) is 39.1 Å². The molecule has 0 aliphatic carbocycles. The van der Waals surface area contributed by atoms with E-state index in [9.17, 15) is 9.90 Å². The van der Waals surface area contributed by atoms with Gasteiger partial charge >= 0.3 is 0 Å². The van der Waals surface area contributed by atoms with Gasteiger partial charge < -0.3 is 14.6 Å². The van der Waals surface area contributed by atoms with Gasteiger partial charge in [-0.05, 0) is 20.8 Å². The Labute approximate surface area is 83.5 Å². The van der Waals surface area contributed by atoms with Gasteiger partial charge in [0.05, 0.1) is 12.0 Å².